The van der Waals surface area contributed by atoms with Gasteiger partial charge in [-0.2, -0.15) is 0 Å². The highest BCUT2D eigenvalue weighted by Crippen LogP contribution is 2.24. The molecule has 3 rings (SSSR count). The van der Waals surface area contributed by atoms with Crippen molar-refractivity contribution < 1.29 is 19.4 Å². The quantitative estimate of drug-likeness (QED) is 0.495. The van der Waals surface area contributed by atoms with Crippen LogP contribution >= 0.6 is 0 Å². The summed E-state index contributed by atoms with van der Waals surface area (Å²) in [5, 5.41) is 15.4. The van der Waals surface area contributed by atoms with Gasteiger partial charge in [0, 0.05) is 12.1 Å². The van der Waals surface area contributed by atoms with E-state index in [4.69, 9.17) is 4.74 Å². The molecule has 0 bridgehead atoms. The highest BCUT2D eigenvalue weighted by molar-refractivity contribution is 6.05. The summed E-state index contributed by atoms with van der Waals surface area (Å²) in [4.78, 5) is 24.3. The van der Waals surface area contributed by atoms with Crippen LogP contribution in [-0.4, -0.2) is 23.5 Å². The Morgan fingerprint density at radius 3 is 2.40 bits per heavy atom. The molecular formula is C24H24N2O4. The number of phenolic OH excluding ortho intramolecular Hbond substituents is 1. The lowest BCUT2D eigenvalue weighted by molar-refractivity contribution is -0.121. The number of amides is 2. The van der Waals surface area contributed by atoms with Gasteiger partial charge in [-0.15, -0.1) is 0 Å². The SMILES string of the molecule is Cc1ccc(NC(=O)c2ccc(CNC(=O)CCOc3ccccc3)cc2)c(O)c1. The summed E-state index contributed by atoms with van der Waals surface area (Å²) in [5.41, 5.74) is 2.60. The average molecular weight is 404 g/mol. The number of carbonyl (C=O) groups is 2. The lowest BCUT2D eigenvalue weighted by Crippen LogP contribution is -2.24. The minimum atomic E-state index is -0.317. The molecule has 0 saturated carbocycles. The van der Waals surface area contributed by atoms with E-state index in [1.54, 1.807) is 36.4 Å². The minimum Gasteiger partial charge on any atom is -0.506 e. The molecule has 3 N–H and O–H groups in total. The molecule has 0 saturated heterocycles. The number of benzene rings is 3. The van der Waals surface area contributed by atoms with Gasteiger partial charge in [-0.3, -0.25) is 9.59 Å². The summed E-state index contributed by atoms with van der Waals surface area (Å²) in [7, 11) is 0. The van der Waals surface area contributed by atoms with Gasteiger partial charge in [0.25, 0.3) is 5.91 Å². The van der Waals surface area contributed by atoms with Crippen molar-refractivity contribution in [2.24, 2.45) is 0 Å². The van der Waals surface area contributed by atoms with E-state index in [-0.39, 0.29) is 24.0 Å². The van der Waals surface area contributed by atoms with E-state index >= 15 is 0 Å². The standard InChI is InChI=1S/C24H24N2O4/c1-17-7-12-21(22(27)15-17)26-24(29)19-10-8-18(9-11-19)16-25-23(28)13-14-30-20-5-3-2-4-6-20/h2-12,15,27H,13-14,16H2,1H3,(H,25,28)(H,26,29). The molecule has 0 aromatic heterocycles. The maximum Gasteiger partial charge on any atom is 0.255 e. The van der Waals surface area contributed by atoms with Crippen LogP contribution in [0.3, 0.4) is 0 Å². The number of aryl methyl sites for hydroxylation is 1. The molecule has 0 unspecified atom stereocenters. The molecule has 0 spiro atoms. The third-order valence-electron chi connectivity index (χ3n) is 4.45. The van der Waals surface area contributed by atoms with E-state index in [9.17, 15) is 14.7 Å². The molecule has 0 fully saturated rings. The zero-order valence-corrected chi connectivity index (χ0v) is 16.7. The normalized spacial score (nSPS) is 10.3. The fourth-order valence-corrected chi connectivity index (χ4v) is 2.78. The van der Waals surface area contributed by atoms with Crippen LogP contribution in [0, 0.1) is 6.92 Å². The van der Waals surface area contributed by atoms with Gasteiger partial charge in [-0.25, -0.2) is 0 Å². The van der Waals surface area contributed by atoms with Crippen LogP contribution in [0.2, 0.25) is 0 Å². The Kier molecular flexibility index (Phi) is 7.05. The molecule has 0 aliphatic heterocycles. The topological polar surface area (TPSA) is 87.7 Å². The fraction of sp³-hybridized carbons (Fsp3) is 0.167. The van der Waals surface area contributed by atoms with Gasteiger partial charge in [-0.05, 0) is 54.4 Å². The lowest BCUT2D eigenvalue weighted by Gasteiger charge is -2.09. The summed E-state index contributed by atoms with van der Waals surface area (Å²) >= 11 is 0. The van der Waals surface area contributed by atoms with Gasteiger partial charge in [0.05, 0.1) is 18.7 Å². The van der Waals surface area contributed by atoms with Crippen LogP contribution in [0.15, 0.2) is 72.8 Å². The second-order valence-corrected chi connectivity index (χ2v) is 6.86. The Labute approximate surface area is 175 Å². The summed E-state index contributed by atoms with van der Waals surface area (Å²) in [5.74, 6) is 0.336. The Hall–Kier alpha value is -3.80. The molecule has 3 aromatic carbocycles. The van der Waals surface area contributed by atoms with Crippen LogP contribution in [0.25, 0.3) is 0 Å². The van der Waals surface area contributed by atoms with Crippen molar-refractivity contribution in [2.75, 3.05) is 11.9 Å². The van der Waals surface area contributed by atoms with E-state index in [0.717, 1.165) is 16.9 Å². The first-order valence-corrected chi connectivity index (χ1v) is 9.66. The van der Waals surface area contributed by atoms with Crippen LogP contribution in [0.4, 0.5) is 5.69 Å². The van der Waals surface area contributed by atoms with Gasteiger partial charge < -0.3 is 20.5 Å². The van der Waals surface area contributed by atoms with Crippen molar-refractivity contribution >= 4 is 17.5 Å². The predicted octanol–water partition coefficient (Wildman–Crippen LogP) is 4.04. The predicted molar refractivity (Wildman–Crippen MR) is 116 cm³/mol. The van der Waals surface area contributed by atoms with Crippen LogP contribution in [0.1, 0.15) is 27.9 Å². The molecule has 0 radical (unpaired) electrons. The van der Waals surface area contributed by atoms with E-state index in [1.165, 1.54) is 0 Å². The maximum absolute atomic E-state index is 12.4. The number of rotatable bonds is 8. The summed E-state index contributed by atoms with van der Waals surface area (Å²) < 4.78 is 5.51. The number of anilines is 1. The van der Waals surface area contributed by atoms with Crippen molar-refractivity contribution in [2.45, 2.75) is 19.9 Å². The number of hydrogen-bond donors (Lipinski definition) is 3. The molecule has 154 valence electrons. The van der Waals surface area contributed by atoms with E-state index in [0.29, 0.717) is 24.4 Å². The van der Waals surface area contributed by atoms with Crippen LogP contribution in [0.5, 0.6) is 11.5 Å². The fourth-order valence-electron chi connectivity index (χ4n) is 2.78. The van der Waals surface area contributed by atoms with Gasteiger partial charge in [0.2, 0.25) is 5.91 Å². The van der Waals surface area contributed by atoms with E-state index < -0.39 is 0 Å². The Bertz CT molecular complexity index is 1000. The van der Waals surface area contributed by atoms with Crippen molar-refractivity contribution in [1.82, 2.24) is 5.32 Å². The molecule has 6 heteroatoms. The number of para-hydroxylation sites is 1. The molecule has 0 aliphatic carbocycles. The first kappa shape index (κ1) is 20.9. The third-order valence-corrected chi connectivity index (χ3v) is 4.45. The number of hydrogen-bond acceptors (Lipinski definition) is 4. The molecule has 0 aliphatic rings. The van der Waals surface area contributed by atoms with Crippen LogP contribution in [-0.2, 0) is 11.3 Å². The van der Waals surface area contributed by atoms with Crippen molar-refractivity contribution in [3.63, 3.8) is 0 Å². The summed E-state index contributed by atoms with van der Waals surface area (Å²) in [6.45, 7) is 2.53. The van der Waals surface area contributed by atoms with Gasteiger partial charge in [0.1, 0.15) is 11.5 Å². The second kappa shape index (κ2) is 10.1. The largest absolute Gasteiger partial charge is 0.506 e. The minimum absolute atomic E-state index is 0.0268. The van der Waals surface area contributed by atoms with Gasteiger partial charge in [-0.1, -0.05) is 36.4 Å². The molecule has 0 atom stereocenters. The monoisotopic (exact) mass is 404 g/mol. The smallest absolute Gasteiger partial charge is 0.255 e. The first-order valence-electron chi connectivity index (χ1n) is 9.66. The lowest BCUT2D eigenvalue weighted by atomic mass is 10.1. The number of nitrogens with one attached hydrogen (secondary N) is 2. The van der Waals surface area contributed by atoms with Crippen molar-refractivity contribution in [3.05, 3.63) is 89.5 Å². The molecule has 6 nitrogen and oxygen atoms in total. The zero-order chi connectivity index (χ0) is 21.3. The Balaban J connectivity index is 1.44. The Morgan fingerprint density at radius 2 is 1.70 bits per heavy atom. The van der Waals surface area contributed by atoms with Gasteiger partial charge in [0.15, 0.2) is 0 Å². The highest BCUT2D eigenvalue weighted by Gasteiger charge is 2.09. The zero-order valence-electron chi connectivity index (χ0n) is 16.7. The van der Waals surface area contributed by atoms with Crippen molar-refractivity contribution in [3.8, 4) is 11.5 Å². The molecule has 3 aromatic rings. The number of phenols is 1. The van der Waals surface area contributed by atoms with E-state index in [2.05, 4.69) is 10.6 Å². The van der Waals surface area contributed by atoms with Crippen molar-refractivity contribution in [1.29, 1.82) is 0 Å². The van der Waals surface area contributed by atoms with Gasteiger partial charge >= 0.3 is 0 Å². The third kappa shape index (κ3) is 6.10. The molecule has 0 heterocycles. The summed E-state index contributed by atoms with van der Waals surface area (Å²) in [6, 6.07) is 21.3. The Morgan fingerprint density at radius 1 is 0.967 bits per heavy atom. The molecule has 30 heavy (non-hydrogen) atoms. The molecular weight excluding hydrogens is 380 g/mol. The number of carbonyl (C=O) groups excluding carboxylic acids is 2. The summed E-state index contributed by atoms with van der Waals surface area (Å²) in [6.07, 6.45) is 0.259. The first-order chi connectivity index (χ1) is 14.5. The highest BCUT2D eigenvalue weighted by atomic mass is 16.5. The number of ether oxygens (including phenoxy) is 1. The molecule has 2 amide bonds. The maximum atomic E-state index is 12.4. The number of aromatic hydroxyl groups is 1. The van der Waals surface area contributed by atoms with E-state index in [1.807, 2.05) is 43.3 Å². The van der Waals surface area contributed by atoms with Crippen LogP contribution < -0.4 is 15.4 Å². The second-order valence-electron chi connectivity index (χ2n) is 6.86. The average Bonchev–Trinajstić information content (AvgIpc) is 2.75.